The molecule has 1 fully saturated rings. The summed E-state index contributed by atoms with van der Waals surface area (Å²) in [5.74, 6) is 0.673. The number of carbonyl (C=O) groups excluding carboxylic acids is 1. The molecule has 92 valence electrons. The van der Waals surface area contributed by atoms with Gasteiger partial charge >= 0.3 is 6.09 Å². The fraction of sp³-hybridized carbons (Fsp3) is 0.818. The lowest BCUT2D eigenvalue weighted by Crippen LogP contribution is -2.58. The molecule has 0 aromatic rings. The minimum atomic E-state index is -0.534. The molecule has 1 amide bonds. The predicted molar refractivity (Wildman–Crippen MR) is 67.3 cm³/mol. The molecule has 0 atom stereocenters. The van der Waals surface area contributed by atoms with Crippen LogP contribution in [0.15, 0.2) is 0 Å². The van der Waals surface area contributed by atoms with E-state index < -0.39 is 11.6 Å². The van der Waals surface area contributed by atoms with Gasteiger partial charge in [0.1, 0.15) is 0 Å². The highest BCUT2D eigenvalue weighted by molar-refractivity contribution is 7.80. The maximum atomic E-state index is 11.5. The molecular weight excluding hydrogens is 224 g/mol. The van der Waals surface area contributed by atoms with Crippen LogP contribution in [0.25, 0.3) is 0 Å². The van der Waals surface area contributed by atoms with Crippen LogP contribution in [0.5, 0.6) is 0 Å². The van der Waals surface area contributed by atoms with E-state index in [2.05, 4.69) is 12.2 Å². The second-order valence-corrected chi connectivity index (χ2v) is 4.91. The zero-order valence-corrected chi connectivity index (χ0v) is 10.7. The van der Waals surface area contributed by atoms with E-state index in [1.165, 1.54) is 0 Å². The Bertz CT molecular complexity index is 273. The second-order valence-electron chi connectivity index (χ2n) is 4.47. The molecule has 0 aliphatic heterocycles. The number of thiocarbonyl (C=S) groups is 1. The van der Waals surface area contributed by atoms with Crippen molar-refractivity contribution < 1.29 is 9.53 Å². The molecule has 16 heavy (non-hydrogen) atoms. The van der Waals surface area contributed by atoms with Crippen LogP contribution in [0.1, 0.15) is 39.5 Å². The van der Waals surface area contributed by atoms with E-state index in [4.69, 9.17) is 22.7 Å². The smallest absolute Gasteiger partial charge is 0.407 e. The van der Waals surface area contributed by atoms with E-state index in [9.17, 15) is 4.79 Å². The Hall–Kier alpha value is -0.840. The number of amides is 1. The first kappa shape index (κ1) is 13.2. The maximum Gasteiger partial charge on any atom is 0.407 e. The Kier molecular flexibility index (Phi) is 4.53. The second kappa shape index (κ2) is 5.48. The minimum absolute atomic E-state index is 0.357. The van der Waals surface area contributed by atoms with Crippen LogP contribution in [0.4, 0.5) is 4.79 Å². The van der Waals surface area contributed by atoms with Crippen LogP contribution in [0.2, 0.25) is 0 Å². The maximum absolute atomic E-state index is 11.5. The number of hydrogen-bond donors (Lipinski definition) is 2. The molecule has 1 aliphatic carbocycles. The lowest BCUT2D eigenvalue weighted by Gasteiger charge is -2.38. The van der Waals surface area contributed by atoms with Crippen molar-refractivity contribution in [1.82, 2.24) is 5.32 Å². The lowest BCUT2D eigenvalue weighted by atomic mass is 9.77. The van der Waals surface area contributed by atoms with Gasteiger partial charge in [0.25, 0.3) is 0 Å². The Labute approximate surface area is 102 Å². The number of hydrogen-bond acceptors (Lipinski definition) is 3. The van der Waals surface area contributed by atoms with Gasteiger partial charge in [-0.2, -0.15) is 0 Å². The fourth-order valence-corrected chi connectivity index (χ4v) is 2.31. The quantitative estimate of drug-likeness (QED) is 0.745. The summed E-state index contributed by atoms with van der Waals surface area (Å²) < 4.78 is 4.88. The molecule has 0 bridgehead atoms. The molecule has 5 heteroatoms. The summed E-state index contributed by atoms with van der Waals surface area (Å²) in [5, 5.41) is 2.83. The van der Waals surface area contributed by atoms with E-state index in [0.717, 1.165) is 25.7 Å². The monoisotopic (exact) mass is 244 g/mol. The molecule has 0 radical (unpaired) electrons. The van der Waals surface area contributed by atoms with E-state index in [0.29, 0.717) is 17.5 Å². The van der Waals surface area contributed by atoms with Crippen LogP contribution in [-0.4, -0.2) is 23.2 Å². The standard InChI is InChI=1S/C11H20N2O2S/c1-3-15-10(14)13-11(9(12)16)6-4-8(2)5-7-11/h8H,3-7H2,1-2H3,(H2,12,16)(H,13,14). The number of alkyl carbamates (subject to hydrolysis) is 1. The fourth-order valence-electron chi connectivity index (χ4n) is 2.05. The molecule has 3 N–H and O–H groups in total. The molecule has 0 heterocycles. The third-order valence-electron chi connectivity index (χ3n) is 3.22. The van der Waals surface area contributed by atoms with Crippen molar-refractivity contribution >= 4 is 23.3 Å². The zero-order valence-electron chi connectivity index (χ0n) is 9.91. The summed E-state index contributed by atoms with van der Waals surface area (Å²) in [6, 6.07) is 0. The minimum Gasteiger partial charge on any atom is -0.450 e. The molecule has 1 aliphatic rings. The summed E-state index contributed by atoms with van der Waals surface area (Å²) >= 11 is 5.08. The van der Waals surface area contributed by atoms with Gasteiger partial charge in [-0.05, 0) is 38.5 Å². The summed E-state index contributed by atoms with van der Waals surface area (Å²) in [5.41, 5.74) is 5.22. The van der Waals surface area contributed by atoms with Gasteiger partial charge < -0.3 is 15.8 Å². The van der Waals surface area contributed by atoms with Gasteiger partial charge in [0, 0.05) is 0 Å². The largest absolute Gasteiger partial charge is 0.450 e. The number of carbonyl (C=O) groups is 1. The summed E-state index contributed by atoms with van der Waals surface area (Å²) in [6.07, 6.45) is 3.25. The van der Waals surface area contributed by atoms with Crippen molar-refractivity contribution in [2.45, 2.75) is 45.1 Å². The predicted octanol–water partition coefficient (Wildman–Crippen LogP) is 1.97. The summed E-state index contributed by atoms with van der Waals surface area (Å²) in [7, 11) is 0. The van der Waals surface area contributed by atoms with Crippen LogP contribution >= 0.6 is 12.2 Å². The number of rotatable bonds is 3. The highest BCUT2D eigenvalue weighted by Gasteiger charge is 2.38. The van der Waals surface area contributed by atoms with Gasteiger partial charge in [0.05, 0.1) is 17.1 Å². The van der Waals surface area contributed by atoms with Crippen LogP contribution < -0.4 is 11.1 Å². The Morgan fingerprint density at radius 2 is 2.12 bits per heavy atom. The third kappa shape index (κ3) is 3.07. The lowest BCUT2D eigenvalue weighted by molar-refractivity contribution is 0.137. The highest BCUT2D eigenvalue weighted by Crippen LogP contribution is 2.32. The van der Waals surface area contributed by atoms with Gasteiger partial charge in [0.15, 0.2) is 0 Å². The first-order valence-electron chi connectivity index (χ1n) is 5.75. The molecular formula is C11H20N2O2S. The average molecular weight is 244 g/mol. The zero-order chi connectivity index (χ0) is 12.2. The molecule has 0 unspecified atom stereocenters. The van der Waals surface area contributed by atoms with Crippen molar-refractivity contribution in [1.29, 1.82) is 0 Å². The molecule has 1 rings (SSSR count). The number of ether oxygens (including phenoxy) is 1. The first-order chi connectivity index (χ1) is 7.50. The van der Waals surface area contributed by atoms with E-state index in [1.54, 1.807) is 6.92 Å². The Morgan fingerprint density at radius 3 is 2.56 bits per heavy atom. The molecule has 1 saturated carbocycles. The van der Waals surface area contributed by atoms with E-state index >= 15 is 0 Å². The van der Waals surface area contributed by atoms with Crippen molar-refractivity contribution in [2.24, 2.45) is 11.7 Å². The van der Waals surface area contributed by atoms with Crippen LogP contribution in [0, 0.1) is 5.92 Å². The summed E-state index contributed by atoms with van der Waals surface area (Å²) in [4.78, 5) is 11.8. The topological polar surface area (TPSA) is 64.3 Å². The van der Waals surface area contributed by atoms with E-state index in [-0.39, 0.29) is 0 Å². The van der Waals surface area contributed by atoms with Crippen molar-refractivity contribution in [3.8, 4) is 0 Å². The van der Waals surface area contributed by atoms with Crippen molar-refractivity contribution in [2.75, 3.05) is 6.61 Å². The SMILES string of the molecule is CCOC(=O)NC1(C(N)=S)CCC(C)CC1. The third-order valence-corrected chi connectivity index (χ3v) is 3.61. The number of nitrogens with one attached hydrogen (secondary N) is 1. The molecule has 0 saturated heterocycles. The van der Waals surface area contributed by atoms with Crippen molar-refractivity contribution in [3.63, 3.8) is 0 Å². The first-order valence-corrected chi connectivity index (χ1v) is 6.16. The molecule has 0 aromatic heterocycles. The number of nitrogens with two attached hydrogens (primary N) is 1. The van der Waals surface area contributed by atoms with Gasteiger partial charge in [-0.15, -0.1) is 0 Å². The van der Waals surface area contributed by atoms with Crippen LogP contribution in [-0.2, 0) is 4.74 Å². The van der Waals surface area contributed by atoms with Gasteiger partial charge in [-0.1, -0.05) is 19.1 Å². The molecule has 4 nitrogen and oxygen atoms in total. The average Bonchev–Trinajstić information content (AvgIpc) is 2.22. The van der Waals surface area contributed by atoms with Gasteiger partial charge in [-0.3, -0.25) is 0 Å². The highest BCUT2D eigenvalue weighted by atomic mass is 32.1. The normalized spacial score (nSPS) is 29.5. The van der Waals surface area contributed by atoms with Crippen molar-refractivity contribution in [3.05, 3.63) is 0 Å². The molecule has 0 spiro atoms. The Balaban J connectivity index is 2.66. The van der Waals surface area contributed by atoms with Gasteiger partial charge in [-0.25, -0.2) is 4.79 Å². The Morgan fingerprint density at radius 1 is 1.56 bits per heavy atom. The molecule has 0 aromatic carbocycles. The van der Waals surface area contributed by atoms with Crippen LogP contribution in [0.3, 0.4) is 0 Å². The van der Waals surface area contributed by atoms with E-state index in [1.807, 2.05) is 0 Å². The van der Waals surface area contributed by atoms with Gasteiger partial charge in [0.2, 0.25) is 0 Å². The summed E-state index contributed by atoms with van der Waals surface area (Å²) in [6.45, 7) is 4.33.